The first-order chi connectivity index (χ1) is 28.0. The number of hydroxylamine groups is 8. The Balaban J connectivity index is -0.000000337. The Hall–Kier alpha value is -2.60. The van der Waals surface area contributed by atoms with Crippen LogP contribution in [0.2, 0.25) is 0 Å². The topological polar surface area (TPSA) is 340 Å². The summed E-state index contributed by atoms with van der Waals surface area (Å²) in [5, 5.41) is 116. The van der Waals surface area contributed by atoms with Crippen LogP contribution in [-0.2, 0) is 19.2 Å². The van der Waals surface area contributed by atoms with Crippen molar-refractivity contribution >= 4 is 23.9 Å². The Kier molecular flexibility index (Phi) is 28.3. The summed E-state index contributed by atoms with van der Waals surface area (Å²) in [6.07, 6.45) is 4.26. The van der Waals surface area contributed by atoms with Gasteiger partial charge in [0.05, 0.1) is 24.4 Å². The van der Waals surface area contributed by atoms with Crippen molar-refractivity contribution in [2.75, 3.05) is 0 Å². The van der Waals surface area contributed by atoms with Crippen molar-refractivity contribution in [3.8, 4) is 0 Å². The fraction of sp³-hybridized carbons (Fsp3) is 0.909. The highest BCUT2D eigenvalue weighted by atomic mass is 16.5. The monoisotopic (exact) mass is 933 g/mol. The molecule has 4 aliphatic heterocycles. The van der Waals surface area contributed by atoms with Gasteiger partial charge in [0.25, 0.3) is 0 Å². The molecule has 0 aromatic heterocycles. The molecule has 4 heterocycles. The van der Waals surface area contributed by atoms with Crippen LogP contribution in [0, 0.1) is 0 Å². The molecule has 4 fully saturated rings. The summed E-state index contributed by atoms with van der Waals surface area (Å²) in [7, 11) is 0. The van der Waals surface area contributed by atoms with E-state index in [-0.39, 0.29) is 68.7 Å². The fourth-order valence-corrected chi connectivity index (χ4v) is 9.44. The summed E-state index contributed by atoms with van der Waals surface area (Å²) >= 11 is 0. The first-order valence-corrected chi connectivity index (χ1v) is 21.7. The molecule has 0 saturated carbocycles. The average molecular weight is 933 g/mol. The Bertz CT molecular complexity index is 1120. The number of hydrogen-bond donors (Lipinski definition) is 12. The van der Waals surface area contributed by atoms with Crippen LogP contribution in [0.3, 0.4) is 0 Å². The van der Waals surface area contributed by atoms with Crippen LogP contribution in [-0.4, -0.2) is 134 Å². The summed E-state index contributed by atoms with van der Waals surface area (Å²) in [4.78, 5) is 35.6. The van der Waals surface area contributed by atoms with Crippen molar-refractivity contribution in [2.24, 2.45) is 0 Å². The molecule has 12 N–H and O–H groups in total. The molecule has 4 saturated heterocycles. The van der Waals surface area contributed by atoms with Gasteiger partial charge in [0.15, 0.2) is 0 Å². The summed E-state index contributed by atoms with van der Waals surface area (Å²) in [6, 6.07) is 0. The van der Waals surface area contributed by atoms with Gasteiger partial charge < -0.3 is 60.0 Å². The van der Waals surface area contributed by atoms with Gasteiger partial charge in [-0.2, -0.15) is 20.3 Å². The van der Waals surface area contributed by atoms with Gasteiger partial charge in [0, 0.05) is 75.2 Å². The van der Waals surface area contributed by atoms with E-state index in [1.165, 1.54) is 0 Å². The second kappa shape index (κ2) is 26.7. The number of carboxylic acid groups (broad SMARTS) is 4. The third kappa shape index (κ3) is 27.8. The summed E-state index contributed by atoms with van der Waals surface area (Å²) < 4.78 is 0. The highest BCUT2D eigenvalue weighted by molar-refractivity contribution is 5.61. The number of hydrogen-bond acceptors (Lipinski definition) is 16. The predicted molar refractivity (Wildman–Crippen MR) is 227 cm³/mol. The second-order valence-corrected chi connectivity index (χ2v) is 22.7. The van der Waals surface area contributed by atoms with Crippen molar-refractivity contribution in [3.05, 3.63) is 0 Å². The molecule has 0 atom stereocenters. The average Bonchev–Trinajstić information content (AvgIpc) is 2.98. The zero-order valence-electron chi connectivity index (χ0n) is 42.8. The van der Waals surface area contributed by atoms with E-state index in [0.29, 0.717) is 71.6 Å². The number of aliphatic hydroxyl groups excluding tert-OH is 4. The third-order valence-corrected chi connectivity index (χ3v) is 11.1. The Morgan fingerprint density at radius 1 is 0.312 bits per heavy atom. The van der Waals surface area contributed by atoms with E-state index in [9.17, 15) is 41.3 Å². The second-order valence-electron chi connectivity index (χ2n) is 22.7. The molecule has 0 aliphatic carbocycles. The molecule has 0 aromatic rings. The van der Waals surface area contributed by atoms with Gasteiger partial charge in [-0.25, -0.2) is 20.8 Å². The quantitative estimate of drug-likeness (QED) is 0.108. The first-order valence-electron chi connectivity index (χ1n) is 21.7. The van der Waals surface area contributed by atoms with Crippen LogP contribution < -0.4 is 40.7 Å². The van der Waals surface area contributed by atoms with Gasteiger partial charge >= 0.3 is 0 Å². The molecular formula is C44H92N4O16. The van der Waals surface area contributed by atoms with Gasteiger partial charge in [0.1, 0.15) is 44.3 Å². The molecule has 4 rings (SSSR count). The summed E-state index contributed by atoms with van der Waals surface area (Å²) in [6.45, 7) is 35.5. The predicted octanol–water partition coefficient (Wildman–Crippen LogP) is -5.09. The first kappa shape index (κ1) is 68.0. The molecule has 0 aromatic carbocycles. The van der Waals surface area contributed by atoms with Crippen LogP contribution in [0.4, 0.5) is 0 Å². The standard InChI is InChI=1S/4C9H19NO2.4C2H4O2/c4*1-8(2)5-7(11)6-9(3,4)10(8)12;4*1-2(3)4/h4*7,11-12H,5-6H2,1-4H3;4*1H3,(H,3,4). The number of carbonyl (C=O) groups is 4. The minimum atomic E-state index is -1.08. The van der Waals surface area contributed by atoms with Gasteiger partial charge in [-0.15, -0.1) is 0 Å². The van der Waals surface area contributed by atoms with E-state index in [1.807, 2.05) is 111 Å². The van der Waals surface area contributed by atoms with Gasteiger partial charge in [-0.3, -0.25) is 0 Å². The van der Waals surface area contributed by atoms with Crippen LogP contribution in [0.5, 0.6) is 0 Å². The summed E-state index contributed by atoms with van der Waals surface area (Å²) in [5.74, 6) is -4.33. The van der Waals surface area contributed by atoms with Crippen molar-refractivity contribution in [2.45, 2.75) is 259 Å². The van der Waals surface area contributed by atoms with Gasteiger partial charge in [-0.1, -0.05) is 0 Å². The van der Waals surface area contributed by atoms with E-state index < -0.39 is 23.9 Å². The largest absolute Gasteiger partial charge is 0.550 e. The van der Waals surface area contributed by atoms with Crippen LogP contribution in [0.1, 0.15) is 190 Å². The number of quaternary nitrogens is 4. The summed E-state index contributed by atoms with van der Waals surface area (Å²) in [5.41, 5.74) is -1.88. The minimum absolute atomic E-state index is 0.235. The fourth-order valence-electron chi connectivity index (χ4n) is 9.44. The maximum absolute atomic E-state index is 9.89. The zero-order chi connectivity index (χ0) is 52.6. The molecule has 0 spiro atoms. The van der Waals surface area contributed by atoms with Crippen molar-refractivity contribution in [1.29, 1.82) is 0 Å². The Morgan fingerprint density at radius 2 is 0.375 bits per heavy atom. The zero-order valence-corrected chi connectivity index (χ0v) is 42.8. The molecule has 0 unspecified atom stereocenters. The SMILES string of the molecule is CC(=O)[O-].CC(=O)[O-].CC(=O)[O-].CC(=O)[O-].CC1(C)CC(O)CC(C)(C)[NH+]1O.CC1(C)CC(O)CC(C)(C)[NH+]1O.CC1(C)CC(O)CC(C)(C)[NH+]1O.CC1(C)CC(O)CC(C)(C)[NH+]1O. The van der Waals surface area contributed by atoms with E-state index in [4.69, 9.17) is 39.6 Å². The van der Waals surface area contributed by atoms with Crippen LogP contribution in [0.15, 0.2) is 0 Å². The Labute approximate surface area is 382 Å². The minimum Gasteiger partial charge on any atom is -0.550 e. The van der Waals surface area contributed by atoms with E-state index in [2.05, 4.69) is 0 Å². The highest BCUT2D eigenvalue weighted by Crippen LogP contribution is 2.25. The van der Waals surface area contributed by atoms with E-state index >= 15 is 0 Å². The van der Waals surface area contributed by atoms with Gasteiger partial charge in [-0.05, 0) is 138 Å². The lowest BCUT2D eigenvalue weighted by atomic mass is 9.80. The van der Waals surface area contributed by atoms with E-state index in [1.54, 1.807) is 0 Å². The molecule has 0 amide bonds. The maximum Gasteiger partial charge on any atom is 0.124 e. The van der Waals surface area contributed by atoms with Crippen molar-refractivity contribution in [1.82, 2.24) is 0 Å². The molecule has 64 heavy (non-hydrogen) atoms. The van der Waals surface area contributed by atoms with Crippen LogP contribution >= 0.6 is 0 Å². The van der Waals surface area contributed by atoms with Gasteiger partial charge in [0.2, 0.25) is 0 Å². The molecule has 384 valence electrons. The van der Waals surface area contributed by atoms with Crippen LogP contribution in [0.25, 0.3) is 0 Å². The number of carbonyl (C=O) groups excluding carboxylic acids is 4. The lowest BCUT2D eigenvalue weighted by Gasteiger charge is -2.45. The molecular weight excluding hydrogens is 840 g/mol. The smallest absolute Gasteiger partial charge is 0.124 e. The van der Waals surface area contributed by atoms with Crippen molar-refractivity contribution < 1.29 is 101 Å². The normalized spacial score (nSPS) is 31.2. The molecule has 0 bridgehead atoms. The molecule has 0 radical (unpaired) electrons. The number of rotatable bonds is 0. The number of aliphatic hydroxyl groups is 4. The van der Waals surface area contributed by atoms with E-state index in [0.717, 1.165) is 27.7 Å². The number of nitrogens with one attached hydrogen (secondary N) is 4. The molecule has 4 aliphatic rings. The lowest BCUT2D eigenvalue weighted by molar-refractivity contribution is -1.16. The number of piperidine rings is 4. The third-order valence-electron chi connectivity index (χ3n) is 11.1. The molecule has 20 heteroatoms. The number of aliphatic carboxylic acids is 4. The lowest BCUT2D eigenvalue weighted by Crippen LogP contribution is -3.25. The maximum atomic E-state index is 9.89. The number of carboxylic acids is 4. The van der Waals surface area contributed by atoms with Crippen molar-refractivity contribution in [3.63, 3.8) is 0 Å². The Morgan fingerprint density at radius 3 is 0.438 bits per heavy atom. The molecule has 20 nitrogen and oxygen atoms in total. The highest BCUT2D eigenvalue weighted by Gasteiger charge is 2.52.